The highest BCUT2D eigenvalue weighted by atomic mass is 32.2. The summed E-state index contributed by atoms with van der Waals surface area (Å²) in [6, 6.07) is 3.68. The first-order valence-corrected chi connectivity index (χ1v) is 8.16. The second kappa shape index (κ2) is 5.70. The average Bonchev–Trinajstić information content (AvgIpc) is 2.37. The van der Waals surface area contributed by atoms with Crippen molar-refractivity contribution in [3.8, 4) is 0 Å². The third kappa shape index (κ3) is 3.22. The molecule has 0 saturated carbocycles. The lowest BCUT2D eigenvalue weighted by atomic mass is 9.99. The SMILES string of the molecule is Cc1ccc([N+](=O)[O-])cc1S(=O)(=O)N1CC(C)CC(N)C1. The maximum Gasteiger partial charge on any atom is 0.270 e. The van der Waals surface area contributed by atoms with Crippen LogP contribution in [0, 0.1) is 23.0 Å². The number of hydrogen-bond acceptors (Lipinski definition) is 5. The predicted octanol–water partition coefficient (Wildman–Crippen LogP) is 1.26. The lowest BCUT2D eigenvalue weighted by molar-refractivity contribution is -0.385. The largest absolute Gasteiger partial charge is 0.326 e. The molecule has 0 aromatic heterocycles. The van der Waals surface area contributed by atoms with Gasteiger partial charge < -0.3 is 5.73 Å². The van der Waals surface area contributed by atoms with Gasteiger partial charge in [0.05, 0.1) is 9.82 Å². The van der Waals surface area contributed by atoms with Crippen LogP contribution in [0.4, 0.5) is 5.69 Å². The van der Waals surface area contributed by atoms with E-state index in [0.29, 0.717) is 12.1 Å². The zero-order valence-corrected chi connectivity index (χ0v) is 12.8. The summed E-state index contributed by atoms with van der Waals surface area (Å²) in [4.78, 5) is 10.2. The quantitative estimate of drug-likeness (QED) is 0.668. The van der Waals surface area contributed by atoms with Crippen LogP contribution < -0.4 is 5.73 Å². The molecule has 21 heavy (non-hydrogen) atoms. The lowest BCUT2D eigenvalue weighted by Gasteiger charge is -2.34. The van der Waals surface area contributed by atoms with Gasteiger partial charge in [-0.25, -0.2) is 8.42 Å². The minimum absolute atomic E-state index is 0.0157. The van der Waals surface area contributed by atoms with Gasteiger partial charge in [-0.1, -0.05) is 13.0 Å². The number of non-ortho nitro benzene ring substituents is 1. The Kier molecular flexibility index (Phi) is 4.31. The number of piperidine rings is 1. The molecule has 1 saturated heterocycles. The Bertz CT molecular complexity index is 649. The van der Waals surface area contributed by atoms with Crippen molar-refractivity contribution in [3.63, 3.8) is 0 Å². The van der Waals surface area contributed by atoms with Crippen molar-refractivity contribution in [2.75, 3.05) is 13.1 Å². The number of nitrogens with two attached hydrogens (primary N) is 1. The van der Waals surface area contributed by atoms with E-state index in [4.69, 9.17) is 5.73 Å². The van der Waals surface area contributed by atoms with Crippen LogP contribution in [0.25, 0.3) is 0 Å². The summed E-state index contributed by atoms with van der Waals surface area (Å²) in [5, 5.41) is 10.8. The van der Waals surface area contributed by atoms with Gasteiger partial charge >= 0.3 is 0 Å². The van der Waals surface area contributed by atoms with E-state index in [0.717, 1.165) is 12.5 Å². The first-order chi connectivity index (χ1) is 9.71. The Morgan fingerprint density at radius 2 is 2.05 bits per heavy atom. The summed E-state index contributed by atoms with van der Waals surface area (Å²) >= 11 is 0. The van der Waals surface area contributed by atoms with E-state index in [-0.39, 0.29) is 29.1 Å². The first kappa shape index (κ1) is 15.9. The number of nitro groups is 1. The molecule has 1 fully saturated rings. The zero-order valence-electron chi connectivity index (χ0n) is 12.0. The highest BCUT2D eigenvalue weighted by Crippen LogP contribution is 2.27. The molecule has 0 bridgehead atoms. The molecule has 2 unspecified atom stereocenters. The van der Waals surface area contributed by atoms with Crippen molar-refractivity contribution >= 4 is 15.7 Å². The number of rotatable bonds is 3. The van der Waals surface area contributed by atoms with Crippen molar-refractivity contribution in [2.45, 2.75) is 31.2 Å². The van der Waals surface area contributed by atoms with Crippen LogP contribution in [0.5, 0.6) is 0 Å². The van der Waals surface area contributed by atoms with Gasteiger partial charge in [-0.2, -0.15) is 4.31 Å². The van der Waals surface area contributed by atoms with Crippen molar-refractivity contribution in [3.05, 3.63) is 33.9 Å². The molecular formula is C13H19N3O4S. The summed E-state index contributed by atoms with van der Waals surface area (Å²) in [5.74, 6) is 0.169. The fraction of sp³-hybridized carbons (Fsp3) is 0.538. The van der Waals surface area contributed by atoms with Crippen molar-refractivity contribution in [2.24, 2.45) is 11.7 Å². The van der Waals surface area contributed by atoms with Crippen LogP contribution in [-0.2, 0) is 10.0 Å². The van der Waals surface area contributed by atoms with E-state index in [1.165, 1.54) is 16.4 Å². The molecule has 0 aliphatic carbocycles. The first-order valence-electron chi connectivity index (χ1n) is 6.72. The Balaban J connectivity index is 2.44. The van der Waals surface area contributed by atoms with Gasteiger partial charge in [-0.05, 0) is 24.8 Å². The molecule has 2 N–H and O–H groups in total. The molecule has 2 rings (SSSR count). The van der Waals surface area contributed by atoms with Gasteiger partial charge in [0.2, 0.25) is 10.0 Å². The molecule has 0 radical (unpaired) electrons. The van der Waals surface area contributed by atoms with E-state index in [9.17, 15) is 18.5 Å². The number of hydrogen-bond donors (Lipinski definition) is 1. The van der Waals surface area contributed by atoms with E-state index in [1.54, 1.807) is 6.92 Å². The average molecular weight is 313 g/mol. The van der Waals surface area contributed by atoms with E-state index in [2.05, 4.69) is 0 Å². The Hall–Kier alpha value is -1.51. The lowest BCUT2D eigenvalue weighted by Crippen LogP contribution is -2.48. The maximum atomic E-state index is 12.7. The molecule has 116 valence electrons. The molecule has 1 aromatic rings. The molecule has 0 spiro atoms. The van der Waals surface area contributed by atoms with Crippen LogP contribution in [-0.4, -0.2) is 36.8 Å². The molecule has 1 aliphatic heterocycles. The smallest absolute Gasteiger partial charge is 0.270 e. The van der Waals surface area contributed by atoms with Crippen molar-refractivity contribution in [1.29, 1.82) is 0 Å². The monoisotopic (exact) mass is 313 g/mol. The number of benzene rings is 1. The van der Waals surface area contributed by atoms with Crippen LogP contribution in [0.2, 0.25) is 0 Å². The van der Waals surface area contributed by atoms with E-state index >= 15 is 0 Å². The summed E-state index contributed by atoms with van der Waals surface area (Å²) in [5.41, 5.74) is 6.16. The third-order valence-electron chi connectivity index (χ3n) is 3.66. The molecule has 1 heterocycles. The summed E-state index contributed by atoms with van der Waals surface area (Å²) in [7, 11) is -3.77. The van der Waals surface area contributed by atoms with Gasteiger partial charge in [0.1, 0.15) is 0 Å². The van der Waals surface area contributed by atoms with Gasteiger partial charge in [0, 0.05) is 31.3 Å². The number of nitro benzene ring substituents is 1. The number of sulfonamides is 1. The van der Waals surface area contributed by atoms with E-state index < -0.39 is 14.9 Å². The van der Waals surface area contributed by atoms with Gasteiger partial charge in [0.15, 0.2) is 0 Å². The molecule has 7 nitrogen and oxygen atoms in total. The number of nitrogens with zero attached hydrogens (tertiary/aromatic N) is 2. The van der Waals surface area contributed by atoms with Crippen LogP contribution >= 0.6 is 0 Å². The zero-order chi connectivity index (χ0) is 15.8. The van der Waals surface area contributed by atoms with Gasteiger partial charge in [-0.3, -0.25) is 10.1 Å². The van der Waals surface area contributed by atoms with Gasteiger partial charge in [0.25, 0.3) is 5.69 Å². The summed E-state index contributed by atoms with van der Waals surface area (Å²) < 4.78 is 26.8. The highest BCUT2D eigenvalue weighted by molar-refractivity contribution is 7.89. The minimum atomic E-state index is -3.77. The molecule has 2 atom stereocenters. The van der Waals surface area contributed by atoms with E-state index in [1.807, 2.05) is 6.92 Å². The van der Waals surface area contributed by atoms with Crippen molar-refractivity contribution in [1.82, 2.24) is 4.31 Å². The highest BCUT2D eigenvalue weighted by Gasteiger charge is 2.33. The fourth-order valence-electron chi connectivity index (χ4n) is 2.67. The summed E-state index contributed by atoms with van der Waals surface area (Å²) in [6.45, 7) is 4.21. The molecule has 1 aromatic carbocycles. The molecule has 0 amide bonds. The maximum absolute atomic E-state index is 12.7. The predicted molar refractivity (Wildman–Crippen MR) is 78.3 cm³/mol. The topological polar surface area (TPSA) is 107 Å². The Labute approximate surface area is 123 Å². The normalized spacial score (nSPS) is 24.0. The molecular weight excluding hydrogens is 294 g/mol. The standard InChI is InChI=1S/C13H19N3O4S/c1-9-5-11(14)8-15(7-9)21(19,20)13-6-12(16(17)18)4-3-10(13)2/h3-4,6,9,11H,5,7-8,14H2,1-2H3. The molecule has 1 aliphatic rings. The second-order valence-corrected chi connectivity index (χ2v) is 7.54. The van der Waals surface area contributed by atoms with Crippen LogP contribution in [0.3, 0.4) is 0 Å². The van der Waals surface area contributed by atoms with Crippen LogP contribution in [0.15, 0.2) is 23.1 Å². The Morgan fingerprint density at radius 3 is 2.62 bits per heavy atom. The molecule has 8 heteroatoms. The van der Waals surface area contributed by atoms with Crippen LogP contribution in [0.1, 0.15) is 18.9 Å². The second-order valence-electron chi connectivity index (χ2n) is 5.63. The Morgan fingerprint density at radius 1 is 1.38 bits per heavy atom. The van der Waals surface area contributed by atoms with Crippen molar-refractivity contribution < 1.29 is 13.3 Å². The third-order valence-corrected chi connectivity index (χ3v) is 5.63. The number of aryl methyl sites for hydroxylation is 1. The summed E-state index contributed by atoms with van der Waals surface area (Å²) in [6.07, 6.45) is 0.778. The fourth-order valence-corrected chi connectivity index (χ4v) is 4.53. The minimum Gasteiger partial charge on any atom is -0.326 e. The van der Waals surface area contributed by atoms with Gasteiger partial charge in [-0.15, -0.1) is 0 Å².